The SMILES string of the molecule is CCCOCCC=N. The second-order valence-electron chi connectivity index (χ2n) is 1.61. The molecule has 0 aromatic heterocycles. The van der Waals surface area contributed by atoms with Crippen LogP contribution in [0.1, 0.15) is 19.8 Å². The fourth-order valence-corrected chi connectivity index (χ4v) is 0.389. The van der Waals surface area contributed by atoms with Crippen molar-refractivity contribution < 1.29 is 4.74 Å². The number of ether oxygens (including phenoxy) is 1. The minimum atomic E-state index is 0.706. The highest BCUT2D eigenvalue weighted by Crippen LogP contribution is 1.80. The van der Waals surface area contributed by atoms with Crippen LogP contribution in [0.25, 0.3) is 0 Å². The van der Waals surface area contributed by atoms with Gasteiger partial charge in [0.15, 0.2) is 0 Å². The normalized spacial score (nSPS) is 9.12. The van der Waals surface area contributed by atoms with E-state index in [1.54, 1.807) is 0 Å². The van der Waals surface area contributed by atoms with Crippen molar-refractivity contribution in [3.63, 3.8) is 0 Å². The zero-order chi connectivity index (χ0) is 6.24. The fraction of sp³-hybridized carbons (Fsp3) is 0.833. The molecule has 0 saturated carbocycles. The van der Waals surface area contributed by atoms with E-state index in [1.807, 2.05) is 0 Å². The lowest BCUT2D eigenvalue weighted by Gasteiger charge is -1.95. The summed E-state index contributed by atoms with van der Waals surface area (Å²) < 4.78 is 5.07. The van der Waals surface area contributed by atoms with E-state index in [0.29, 0.717) is 6.61 Å². The second kappa shape index (κ2) is 6.63. The van der Waals surface area contributed by atoms with Gasteiger partial charge in [0.1, 0.15) is 0 Å². The van der Waals surface area contributed by atoms with Crippen LogP contribution in [0.2, 0.25) is 0 Å². The molecular weight excluding hydrogens is 102 g/mol. The lowest BCUT2D eigenvalue weighted by molar-refractivity contribution is 0.142. The number of nitrogens with one attached hydrogen (secondary N) is 1. The third-order valence-corrected chi connectivity index (χ3v) is 0.755. The van der Waals surface area contributed by atoms with Gasteiger partial charge in [0.2, 0.25) is 0 Å². The molecule has 8 heavy (non-hydrogen) atoms. The number of hydrogen-bond acceptors (Lipinski definition) is 2. The van der Waals surface area contributed by atoms with Crippen molar-refractivity contribution in [2.24, 2.45) is 0 Å². The van der Waals surface area contributed by atoms with Gasteiger partial charge < -0.3 is 10.1 Å². The van der Waals surface area contributed by atoms with Crippen molar-refractivity contribution in [1.29, 1.82) is 5.41 Å². The predicted octanol–water partition coefficient (Wildman–Crippen LogP) is 1.45. The molecule has 2 nitrogen and oxygen atoms in total. The summed E-state index contributed by atoms with van der Waals surface area (Å²) in [5.74, 6) is 0. The lowest BCUT2D eigenvalue weighted by Crippen LogP contribution is -1.94. The minimum Gasteiger partial charge on any atom is -0.381 e. The van der Waals surface area contributed by atoms with Crippen LogP contribution in [0.3, 0.4) is 0 Å². The van der Waals surface area contributed by atoms with Crippen LogP contribution in [0, 0.1) is 5.41 Å². The van der Waals surface area contributed by atoms with Crippen molar-refractivity contribution >= 4 is 6.21 Å². The Balaban J connectivity index is 2.62. The first-order valence-corrected chi connectivity index (χ1v) is 2.98. The van der Waals surface area contributed by atoms with Crippen LogP contribution in [0.15, 0.2) is 0 Å². The van der Waals surface area contributed by atoms with Crippen molar-refractivity contribution in [2.75, 3.05) is 13.2 Å². The van der Waals surface area contributed by atoms with Gasteiger partial charge in [-0.15, -0.1) is 0 Å². The first-order valence-electron chi connectivity index (χ1n) is 2.98. The largest absolute Gasteiger partial charge is 0.381 e. The van der Waals surface area contributed by atoms with Gasteiger partial charge in [-0.2, -0.15) is 0 Å². The average Bonchev–Trinajstić information content (AvgIpc) is 1.81. The third-order valence-electron chi connectivity index (χ3n) is 0.755. The highest BCUT2D eigenvalue weighted by molar-refractivity contribution is 5.52. The topological polar surface area (TPSA) is 33.1 Å². The monoisotopic (exact) mass is 115 g/mol. The molecule has 1 N–H and O–H groups in total. The molecular formula is C6H13NO. The van der Waals surface area contributed by atoms with Crippen LogP contribution in [0.5, 0.6) is 0 Å². The summed E-state index contributed by atoms with van der Waals surface area (Å²) in [4.78, 5) is 0. The molecule has 0 radical (unpaired) electrons. The van der Waals surface area contributed by atoms with E-state index in [9.17, 15) is 0 Å². The molecule has 0 atom stereocenters. The second-order valence-corrected chi connectivity index (χ2v) is 1.61. The van der Waals surface area contributed by atoms with E-state index < -0.39 is 0 Å². The minimum absolute atomic E-state index is 0.706. The summed E-state index contributed by atoms with van der Waals surface area (Å²) in [7, 11) is 0. The zero-order valence-corrected chi connectivity index (χ0v) is 5.31. The van der Waals surface area contributed by atoms with E-state index in [4.69, 9.17) is 10.1 Å². The van der Waals surface area contributed by atoms with E-state index in [0.717, 1.165) is 19.4 Å². The van der Waals surface area contributed by atoms with E-state index in [-0.39, 0.29) is 0 Å². The Morgan fingerprint density at radius 3 is 2.75 bits per heavy atom. The molecule has 0 aliphatic rings. The van der Waals surface area contributed by atoms with E-state index in [1.165, 1.54) is 6.21 Å². The maximum absolute atomic E-state index is 6.63. The molecule has 0 aliphatic heterocycles. The molecule has 48 valence electrons. The van der Waals surface area contributed by atoms with Gasteiger partial charge in [-0.3, -0.25) is 0 Å². The molecule has 0 heterocycles. The van der Waals surface area contributed by atoms with Crippen molar-refractivity contribution in [3.05, 3.63) is 0 Å². The molecule has 0 unspecified atom stereocenters. The summed E-state index contributed by atoms with van der Waals surface area (Å²) in [6, 6.07) is 0. The van der Waals surface area contributed by atoms with E-state index in [2.05, 4.69) is 6.92 Å². The first-order chi connectivity index (χ1) is 3.91. The Morgan fingerprint density at radius 2 is 2.25 bits per heavy atom. The molecule has 0 saturated heterocycles. The summed E-state index contributed by atoms with van der Waals surface area (Å²) >= 11 is 0. The average molecular weight is 115 g/mol. The molecule has 0 amide bonds. The summed E-state index contributed by atoms with van der Waals surface area (Å²) in [5, 5.41) is 6.63. The van der Waals surface area contributed by atoms with Crippen LogP contribution in [-0.4, -0.2) is 19.4 Å². The Kier molecular flexibility index (Phi) is 6.32. The predicted molar refractivity (Wildman–Crippen MR) is 34.5 cm³/mol. The molecule has 0 bridgehead atoms. The number of hydrogen-bond donors (Lipinski definition) is 1. The zero-order valence-electron chi connectivity index (χ0n) is 5.31. The maximum atomic E-state index is 6.63. The van der Waals surface area contributed by atoms with E-state index >= 15 is 0 Å². The van der Waals surface area contributed by atoms with Crippen LogP contribution in [-0.2, 0) is 4.74 Å². The Labute approximate surface area is 50.4 Å². The smallest absolute Gasteiger partial charge is 0.0515 e. The molecule has 2 heteroatoms. The lowest BCUT2D eigenvalue weighted by atomic mass is 10.5. The van der Waals surface area contributed by atoms with Crippen molar-refractivity contribution in [2.45, 2.75) is 19.8 Å². The summed E-state index contributed by atoms with van der Waals surface area (Å²) in [6.45, 7) is 3.61. The van der Waals surface area contributed by atoms with Gasteiger partial charge >= 0.3 is 0 Å². The van der Waals surface area contributed by atoms with Crippen LogP contribution >= 0.6 is 0 Å². The van der Waals surface area contributed by atoms with Gasteiger partial charge in [-0.25, -0.2) is 0 Å². The molecule has 0 aromatic rings. The quantitative estimate of drug-likeness (QED) is 0.427. The van der Waals surface area contributed by atoms with Gasteiger partial charge in [-0.05, 0) is 12.6 Å². The van der Waals surface area contributed by atoms with Crippen molar-refractivity contribution in [3.8, 4) is 0 Å². The molecule has 0 fully saturated rings. The van der Waals surface area contributed by atoms with Crippen LogP contribution < -0.4 is 0 Å². The van der Waals surface area contributed by atoms with Crippen molar-refractivity contribution in [1.82, 2.24) is 0 Å². The Hall–Kier alpha value is -0.370. The molecule has 0 spiro atoms. The standard InChI is InChI=1S/C6H13NO/c1-2-5-8-6-3-4-7/h4,7H,2-3,5-6H2,1H3. The summed E-state index contributed by atoms with van der Waals surface area (Å²) in [5.41, 5.74) is 0. The summed E-state index contributed by atoms with van der Waals surface area (Å²) in [6.07, 6.45) is 3.19. The van der Waals surface area contributed by atoms with Gasteiger partial charge in [0.25, 0.3) is 0 Å². The number of rotatable bonds is 5. The highest BCUT2D eigenvalue weighted by atomic mass is 16.5. The van der Waals surface area contributed by atoms with Crippen LogP contribution in [0.4, 0.5) is 0 Å². The van der Waals surface area contributed by atoms with Gasteiger partial charge in [0.05, 0.1) is 6.61 Å². The Bertz CT molecular complexity index is 54.5. The fourth-order valence-electron chi connectivity index (χ4n) is 0.389. The first kappa shape index (κ1) is 7.63. The van der Waals surface area contributed by atoms with Gasteiger partial charge in [-0.1, -0.05) is 6.92 Å². The maximum Gasteiger partial charge on any atom is 0.0515 e. The van der Waals surface area contributed by atoms with Gasteiger partial charge in [0, 0.05) is 13.0 Å². The highest BCUT2D eigenvalue weighted by Gasteiger charge is 1.80. The molecule has 0 aromatic carbocycles. The third kappa shape index (κ3) is 5.63. The molecule has 0 rings (SSSR count). The molecule has 0 aliphatic carbocycles. The Morgan fingerprint density at radius 1 is 1.50 bits per heavy atom.